The Hall–Kier alpha value is -1.62. The van der Waals surface area contributed by atoms with Crippen molar-refractivity contribution in [1.29, 1.82) is 0 Å². The molecule has 4 nitrogen and oxygen atoms in total. The number of hydrogen-bond acceptors (Lipinski definition) is 3. The number of H-pyrrole nitrogens is 1. The molecule has 1 aliphatic rings. The molecular formula is C14H19FN4. The van der Waals surface area contributed by atoms with Crippen LogP contribution in [0.5, 0.6) is 0 Å². The number of aromatic nitrogens is 2. The largest absolute Gasteiger partial charge is 0.354 e. The first-order valence-corrected chi connectivity index (χ1v) is 6.85. The lowest BCUT2D eigenvalue weighted by Crippen LogP contribution is -2.35. The smallest absolute Gasteiger partial charge is 0.201 e. The Balaban J connectivity index is 1.64. The first-order chi connectivity index (χ1) is 9.22. The van der Waals surface area contributed by atoms with Gasteiger partial charge in [-0.25, -0.2) is 9.37 Å². The zero-order valence-corrected chi connectivity index (χ0v) is 11.1. The predicted octanol–water partition coefficient (Wildman–Crippen LogP) is 2.60. The fraction of sp³-hybridized carbons (Fsp3) is 0.500. The van der Waals surface area contributed by atoms with Crippen molar-refractivity contribution >= 4 is 17.0 Å². The molecule has 1 fully saturated rings. The molecule has 1 saturated heterocycles. The summed E-state index contributed by atoms with van der Waals surface area (Å²) in [4.78, 5) is 9.98. The van der Waals surface area contributed by atoms with E-state index in [1.807, 2.05) is 0 Å². The molecular weight excluding hydrogens is 243 g/mol. The number of nitrogens with one attached hydrogen (secondary N) is 2. The quantitative estimate of drug-likeness (QED) is 0.890. The number of likely N-dealkylation sites (tertiary alicyclic amines) is 1. The van der Waals surface area contributed by atoms with E-state index < -0.39 is 0 Å². The Labute approximate surface area is 112 Å². The number of halogens is 1. The zero-order chi connectivity index (χ0) is 13.2. The monoisotopic (exact) mass is 262 g/mol. The van der Waals surface area contributed by atoms with Gasteiger partial charge in [0.1, 0.15) is 5.82 Å². The van der Waals surface area contributed by atoms with E-state index in [9.17, 15) is 4.39 Å². The lowest BCUT2D eigenvalue weighted by atomic mass is 10.3. The van der Waals surface area contributed by atoms with Crippen LogP contribution in [0.15, 0.2) is 18.2 Å². The van der Waals surface area contributed by atoms with Crippen molar-refractivity contribution in [2.45, 2.75) is 25.8 Å². The topological polar surface area (TPSA) is 44.0 Å². The lowest BCUT2D eigenvalue weighted by molar-refractivity contribution is 0.269. The summed E-state index contributed by atoms with van der Waals surface area (Å²) in [7, 11) is 0. The summed E-state index contributed by atoms with van der Waals surface area (Å²) in [6.07, 6.45) is 2.60. The van der Waals surface area contributed by atoms with Crippen molar-refractivity contribution in [3.63, 3.8) is 0 Å². The molecule has 2 heterocycles. The van der Waals surface area contributed by atoms with Crippen LogP contribution in [-0.4, -0.2) is 40.5 Å². The molecule has 0 saturated carbocycles. The number of fused-ring (bicyclic) bond motifs is 1. The highest BCUT2D eigenvalue weighted by atomic mass is 19.1. The maximum Gasteiger partial charge on any atom is 0.201 e. The van der Waals surface area contributed by atoms with Crippen molar-refractivity contribution in [3.05, 3.63) is 24.0 Å². The molecule has 102 valence electrons. The molecule has 0 bridgehead atoms. The molecule has 19 heavy (non-hydrogen) atoms. The van der Waals surface area contributed by atoms with Crippen molar-refractivity contribution in [3.8, 4) is 0 Å². The molecule has 2 aromatic rings. The number of aromatic amines is 1. The van der Waals surface area contributed by atoms with Gasteiger partial charge in [0, 0.05) is 12.6 Å². The molecule has 3 rings (SSSR count). The van der Waals surface area contributed by atoms with Crippen molar-refractivity contribution in [1.82, 2.24) is 14.9 Å². The highest BCUT2D eigenvalue weighted by Crippen LogP contribution is 2.16. The average Bonchev–Trinajstić information content (AvgIpc) is 3.04. The lowest BCUT2D eigenvalue weighted by Gasteiger charge is -2.23. The van der Waals surface area contributed by atoms with Crippen LogP contribution in [0.25, 0.3) is 11.0 Å². The normalized spacial score (nSPS) is 18.0. The Kier molecular flexibility index (Phi) is 3.38. The predicted molar refractivity (Wildman–Crippen MR) is 74.8 cm³/mol. The van der Waals surface area contributed by atoms with Gasteiger partial charge in [0.05, 0.1) is 11.0 Å². The van der Waals surface area contributed by atoms with E-state index in [1.54, 1.807) is 6.07 Å². The van der Waals surface area contributed by atoms with Gasteiger partial charge in [0.2, 0.25) is 5.95 Å². The van der Waals surface area contributed by atoms with E-state index in [-0.39, 0.29) is 5.82 Å². The standard InChI is InChI=1S/C14H19FN4/c1-10(19-6-2-3-7-19)9-16-14-17-12-5-4-11(15)8-13(12)18-14/h4-5,8,10H,2-3,6-7,9H2,1H3,(H2,16,17,18). The summed E-state index contributed by atoms with van der Waals surface area (Å²) in [6.45, 7) is 5.45. The Morgan fingerprint density at radius 2 is 2.21 bits per heavy atom. The maximum atomic E-state index is 13.1. The second-order valence-corrected chi connectivity index (χ2v) is 5.22. The summed E-state index contributed by atoms with van der Waals surface area (Å²) in [5.41, 5.74) is 1.52. The minimum atomic E-state index is -0.242. The molecule has 1 aromatic carbocycles. The van der Waals surface area contributed by atoms with E-state index in [1.165, 1.54) is 38.1 Å². The third-order valence-corrected chi connectivity index (χ3v) is 3.77. The van der Waals surface area contributed by atoms with Crippen LogP contribution in [-0.2, 0) is 0 Å². The highest BCUT2D eigenvalue weighted by Gasteiger charge is 2.17. The minimum absolute atomic E-state index is 0.242. The third kappa shape index (κ3) is 2.71. The number of imidazole rings is 1. The summed E-state index contributed by atoms with van der Waals surface area (Å²) in [6, 6.07) is 5.08. The van der Waals surface area contributed by atoms with Crippen LogP contribution in [0.3, 0.4) is 0 Å². The van der Waals surface area contributed by atoms with Crippen LogP contribution in [0, 0.1) is 5.82 Å². The molecule has 1 aromatic heterocycles. The van der Waals surface area contributed by atoms with Gasteiger partial charge in [-0.15, -0.1) is 0 Å². The van der Waals surface area contributed by atoms with Gasteiger partial charge in [0.25, 0.3) is 0 Å². The van der Waals surface area contributed by atoms with E-state index in [0.717, 1.165) is 17.6 Å². The first-order valence-electron chi connectivity index (χ1n) is 6.85. The fourth-order valence-corrected chi connectivity index (χ4v) is 2.62. The van der Waals surface area contributed by atoms with Crippen LogP contribution in [0.2, 0.25) is 0 Å². The Bertz CT molecular complexity index is 560. The number of hydrogen-bond donors (Lipinski definition) is 2. The van der Waals surface area contributed by atoms with Gasteiger partial charge in [0.15, 0.2) is 0 Å². The molecule has 0 amide bonds. The number of anilines is 1. The summed E-state index contributed by atoms with van der Waals surface area (Å²) >= 11 is 0. The molecule has 0 aliphatic carbocycles. The van der Waals surface area contributed by atoms with E-state index in [4.69, 9.17) is 0 Å². The molecule has 0 radical (unpaired) electrons. The van der Waals surface area contributed by atoms with E-state index >= 15 is 0 Å². The van der Waals surface area contributed by atoms with Crippen LogP contribution in [0.4, 0.5) is 10.3 Å². The van der Waals surface area contributed by atoms with Crippen LogP contribution >= 0.6 is 0 Å². The van der Waals surface area contributed by atoms with Gasteiger partial charge in [-0.05, 0) is 51.1 Å². The second-order valence-electron chi connectivity index (χ2n) is 5.22. The average molecular weight is 262 g/mol. The molecule has 0 spiro atoms. The Morgan fingerprint density at radius 3 is 3.00 bits per heavy atom. The first kappa shape index (κ1) is 12.4. The van der Waals surface area contributed by atoms with Gasteiger partial charge >= 0.3 is 0 Å². The van der Waals surface area contributed by atoms with E-state index in [2.05, 4.69) is 27.1 Å². The molecule has 1 unspecified atom stereocenters. The van der Waals surface area contributed by atoms with Gasteiger partial charge < -0.3 is 10.3 Å². The molecule has 1 atom stereocenters. The molecule has 2 N–H and O–H groups in total. The molecule has 5 heteroatoms. The van der Waals surface area contributed by atoms with Gasteiger partial charge in [-0.3, -0.25) is 4.90 Å². The third-order valence-electron chi connectivity index (χ3n) is 3.77. The van der Waals surface area contributed by atoms with Crippen LogP contribution in [0.1, 0.15) is 19.8 Å². The van der Waals surface area contributed by atoms with Gasteiger partial charge in [-0.1, -0.05) is 0 Å². The number of rotatable bonds is 4. The molecule has 1 aliphatic heterocycles. The second kappa shape index (κ2) is 5.17. The summed E-state index contributed by atoms with van der Waals surface area (Å²) in [5, 5.41) is 3.30. The Morgan fingerprint density at radius 1 is 1.42 bits per heavy atom. The maximum absolute atomic E-state index is 13.1. The van der Waals surface area contributed by atoms with Crippen molar-refractivity contribution in [2.24, 2.45) is 0 Å². The summed E-state index contributed by atoms with van der Waals surface area (Å²) in [5.74, 6) is 0.472. The van der Waals surface area contributed by atoms with Gasteiger partial charge in [-0.2, -0.15) is 0 Å². The van der Waals surface area contributed by atoms with Crippen LogP contribution < -0.4 is 5.32 Å². The number of benzene rings is 1. The summed E-state index contributed by atoms with van der Waals surface area (Å²) < 4.78 is 13.1. The zero-order valence-electron chi connectivity index (χ0n) is 11.1. The fourth-order valence-electron chi connectivity index (χ4n) is 2.62. The number of nitrogens with zero attached hydrogens (tertiary/aromatic N) is 2. The van der Waals surface area contributed by atoms with E-state index in [0.29, 0.717) is 12.0 Å². The van der Waals surface area contributed by atoms with Crippen molar-refractivity contribution in [2.75, 3.05) is 25.0 Å². The minimum Gasteiger partial charge on any atom is -0.354 e. The van der Waals surface area contributed by atoms with Crippen molar-refractivity contribution < 1.29 is 4.39 Å². The SMILES string of the molecule is CC(CNc1nc2ccc(F)cc2[nH]1)N1CCCC1. The highest BCUT2D eigenvalue weighted by molar-refractivity contribution is 5.77.